The molecule has 0 unspecified atom stereocenters. The van der Waals surface area contributed by atoms with Gasteiger partial charge in [0.15, 0.2) is 5.82 Å². The van der Waals surface area contributed by atoms with E-state index < -0.39 is 0 Å². The van der Waals surface area contributed by atoms with Crippen LogP contribution in [0.2, 0.25) is 0 Å². The summed E-state index contributed by atoms with van der Waals surface area (Å²) in [5, 5.41) is 2.95. The number of nitrogens with zero attached hydrogens (tertiary/aromatic N) is 2. The van der Waals surface area contributed by atoms with Crippen molar-refractivity contribution in [2.45, 2.75) is 0 Å². The fourth-order valence-electron chi connectivity index (χ4n) is 1.31. The van der Waals surface area contributed by atoms with Crippen molar-refractivity contribution in [1.82, 2.24) is 9.97 Å². The van der Waals surface area contributed by atoms with Gasteiger partial charge in [0, 0.05) is 18.7 Å². The summed E-state index contributed by atoms with van der Waals surface area (Å²) >= 11 is 0. The van der Waals surface area contributed by atoms with Crippen LogP contribution in [0.3, 0.4) is 0 Å². The lowest BCUT2D eigenvalue weighted by molar-refractivity contribution is 1.17. The zero-order valence-electron chi connectivity index (χ0n) is 8.44. The monoisotopic (exact) mass is 200 g/mol. The molecule has 2 rings (SSSR count). The Balaban J connectivity index is 2.49. The Morgan fingerprint density at radius 1 is 1.13 bits per heavy atom. The summed E-state index contributed by atoms with van der Waals surface area (Å²) in [6.45, 7) is 0. The first-order chi connectivity index (χ1) is 7.29. The van der Waals surface area contributed by atoms with Crippen LogP contribution in [0, 0.1) is 0 Å². The van der Waals surface area contributed by atoms with Crippen LogP contribution in [0.25, 0.3) is 11.4 Å². The topological polar surface area (TPSA) is 63.8 Å². The van der Waals surface area contributed by atoms with E-state index in [4.69, 9.17) is 5.73 Å². The van der Waals surface area contributed by atoms with E-state index in [1.807, 2.05) is 30.3 Å². The Morgan fingerprint density at radius 2 is 1.87 bits per heavy atom. The second-order valence-electron chi connectivity index (χ2n) is 3.12. The lowest BCUT2D eigenvalue weighted by atomic mass is 10.2. The van der Waals surface area contributed by atoms with Gasteiger partial charge in [0.05, 0.1) is 0 Å². The molecular formula is C11H12N4. The lowest BCUT2D eigenvalue weighted by Crippen LogP contribution is -2.00. The number of rotatable bonds is 2. The number of aromatic nitrogens is 2. The molecule has 2 aromatic rings. The predicted molar refractivity (Wildman–Crippen MR) is 61.4 cm³/mol. The van der Waals surface area contributed by atoms with E-state index in [0.717, 1.165) is 11.4 Å². The first-order valence-corrected chi connectivity index (χ1v) is 4.67. The van der Waals surface area contributed by atoms with Crippen LogP contribution in [-0.4, -0.2) is 17.0 Å². The molecule has 3 N–H and O–H groups in total. The molecule has 0 aliphatic heterocycles. The molecule has 4 nitrogen and oxygen atoms in total. The van der Waals surface area contributed by atoms with Crippen LogP contribution in [0.5, 0.6) is 0 Å². The normalized spacial score (nSPS) is 9.93. The largest absolute Gasteiger partial charge is 0.384 e. The smallest absolute Gasteiger partial charge is 0.163 e. The van der Waals surface area contributed by atoms with Gasteiger partial charge < -0.3 is 11.1 Å². The third kappa shape index (κ3) is 2.04. The Bertz CT molecular complexity index is 453. The number of nitrogen functional groups attached to an aromatic ring is 1. The first-order valence-electron chi connectivity index (χ1n) is 4.67. The third-order valence-corrected chi connectivity index (χ3v) is 2.03. The second-order valence-corrected chi connectivity index (χ2v) is 3.12. The van der Waals surface area contributed by atoms with Gasteiger partial charge in [-0.2, -0.15) is 0 Å². The predicted octanol–water partition coefficient (Wildman–Crippen LogP) is 1.77. The first kappa shape index (κ1) is 9.45. The Hall–Kier alpha value is -2.10. The van der Waals surface area contributed by atoms with Crippen molar-refractivity contribution in [3.8, 4) is 11.4 Å². The van der Waals surface area contributed by atoms with Crippen LogP contribution in [0.15, 0.2) is 36.4 Å². The van der Waals surface area contributed by atoms with E-state index in [2.05, 4.69) is 15.3 Å². The molecular weight excluding hydrogens is 188 g/mol. The minimum atomic E-state index is 0.466. The summed E-state index contributed by atoms with van der Waals surface area (Å²) in [7, 11) is 1.80. The Morgan fingerprint density at radius 3 is 2.53 bits per heavy atom. The summed E-state index contributed by atoms with van der Waals surface area (Å²) in [6, 6.07) is 11.4. The van der Waals surface area contributed by atoms with E-state index in [1.54, 1.807) is 13.1 Å². The summed E-state index contributed by atoms with van der Waals surface area (Å²) in [6.07, 6.45) is 0. The highest BCUT2D eigenvalue weighted by molar-refractivity contribution is 5.59. The lowest BCUT2D eigenvalue weighted by Gasteiger charge is -2.04. The molecule has 1 aromatic heterocycles. The average Bonchev–Trinajstić information content (AvgIpc) is 2.29. The molecule has 0 fully saturated rings. The maximum absolute atomic E-state index is 5.68. The van der Waals surface area contributed by atoms with Crippen LogP contribution >= 0.6 is 0 Å². The molecule has 0 amide bonds. The molecule has 1 aromatic carbocycles. The zero-order valence-corrected chi connectivity index (χ0v) is 8.44. The van der Waals surface area contributed by atoms with Crippen LogP contribution in [0.4, 0.5) is 11.6 Å². The van der Waals surface area contributed by atoms with E-state index in [9.17, 15) is 0 Å². The SMILES string of the molecule is CNc1cc(N)nc(-c2ccccc2)n1. The Labute approximate surface area is 88.2 Å². The maximum Gasteiger partial charge on any atom is 0.163 e. The fourth-order valence-corrected chi connectivity index (χ4v) is 1.31. The second kappa shape index (κ2) is 3.96. The van der Waals surface area contributed by atoms with E-state index >= 15 is 0 Å². The van der Waals surface area contributed by atoms with Crippen molar-refractivity contribution in [3.63, 3.8) is 0 Å². The number of nitrogens with two attached hydrogens (primary N) is 1. The van der Waals surface area contributed by atoms with Gasteiger partial charge in [-0.3, -0.25) is 0 Å². The maximum atomic E-state index is 5.68. The van der Waals surface area contributed by atoms with Gasteiger partial charge in [-0.1, -0.05) is 30.3 Å². The fraction of sp³-hybridized carbons (Fsp3) is 0.0909. The molecule has 0 aliphatic rings. The van der Waals surface area contributed by atoms with Gasteiger partial charge in [0.2, 0.25) is 0 Å². The number of nitrogens with one attached hydrogen (secondary N) is 1. The van der Waals surface area contributed by atoms with E-state index in [-0.39, 0.29) is 0 Å². The minimum absolute atomic E-state index is 0.466. The molecule has 0 saturated carbocycles. The van der Waals surface area contributed by atoms with Gasteiger partial charge >= 0.3 is 0 Å². The van der Waals surface area contributed by atoms with Crippen molar-refractivity contribution in [2.24, 2.45) is 0 Å². The minimum Gasteiger partial charge on any atom is -0.384 e. The molecule has 0 spiro atoms. The Kier molecular flexibility index (Phi) is 2.49. The van der Waals surface area contributed by atoms with E-state index in [1.165, 1.54) is 0 Å². The summed E-state index contributed by atoms with van der Waals surface area (Å²) in [4.78, 5) is 8.50. The number of anilines is 2. The third-order valence-electron chi connectivity index (χ3n) is 2.03. The quantitative estimate of drug-likeness (QED) is 0.775. The molecule has 4 heteroatoms. The number of hydrogen-bond acceptors (Lipinski definition) is 4. The van der Waals surface area contributed by atoms with Crippen LogP contribution in [-0.2, 0) is 0 Å². The van der Waals surface area contributed by atoms with Crippen molar-refractivity contribution in [3.05, 3.63) is 36.4 Å². The molecule has 1 heterocycles. The molecule has 76 valence electrons. The summed E-state index contributed by atoms with van der Waals surface area (Å²) in [5.41, 5.74) is 6.64. The van der Waals surface area contributed by atoms with Crippen LogP contribution in [0.1, 0.15) is 0 Å². The standard InChI is InChI=1S/C11H12N4/c1-13-10-7-9(12)14-11(15-10)8-5-3-2-4-6-8/h2-7H,1H3,(H3,12,13,14,15). The summed E-state index contributed by atoms with van der Waals surface area (Å²) < 4.78 is 0. The highest BCUT2D eigenvalue weighted by atomic mass is 15.0. The molecule has 0 radical (unpaired) electrons. The van der Waals surface area contributed by atoms with Gasteiger partial charge in [-0.25, -0.2) is 9.97 Å². The van der Waals surface area contributed by atoms with Crippen molar-refractivity contribution < 1.29 is 0 Å². The molecule has 0 bridgehead atoms. The molecule has 0 atom stereocenters. The van der Waals surface area contributed by atoms with Gasteiger partial charge in [-0.15, -0.1) is 0 Å². The van der Waals surface area contributed by atoms with Gasteiger partial charge in [-0.05, 0) is 0 Å². The zero-order chi connectivity index (χ0) is 10.7. The average molecular weight is 200 g/mol. The molecule has 0 saturated heterocycles. The van der Waals surface area contributed by atoms with Gasteiger partial charge in [0.25, 0.3) is 0 Å². The number of hydrogen-bond donors (Lipinski definition) is 2. The van der Waals surface area contributed by atoms with E-state index in [0.29, 0.717) is 11.6 Å². The highest BCUT2D eigenvalue weighted by Crippen LogP contribution is 2.17. The molecule has 0 aliphatic carbocycles. The summed E-state index contributed by atoms with van der Waals surface area (Å²) in [5.74, 6) is 1.83. The molecule has 15 heavy (non-hydrogen) atoms. The number of benzene rings is 1. The van der Waals surface area contributed by atoms with Gasteiger partial charge in [0.1, 0.15) is 11.6 Å². The van der Waals surface area contributed by atoms with Crippen molar-refractivity contribution in [1.29, 1.82) is 0 Å². The highest BCUT2D eigenvalue weighted by Gasteiger charge is 2.03. The van der Waals surface area contributed by atoms with Crippen LogP contribution < -0.4 is 11.1 Å². The van der Waals surface area contributed by atoms with Crippen molar-refractivity contribution >= 4 is 11.6 Å². The van der Waals surface area contributed by atoms with Crippen molar-refractivity contribution in [2.75, 3.05) is 18.1 Å².